The summed E-state index contributed by atoms with van der Waals surface area (Å²) >= 11 is 0. The number of nitrogens with zero attached hydrogens (tertiary/aromatic N) is 4. The maximum Gasteiger partial charge on any atom is 0.317 e. The van der Waals surface area contributed by atoms with Crippen LogP contribution in [0.1, 0.15) is 36.3 Å². The van der Waals surface area contributed by atoms with Crippen LogP contribution in [0.5, 0.6) is 0 Å². The Labute approximate surface area is 176 Å². The molecule has 0 aromatic carbocycles. The number of aryl methyl sites for hydroxylation is 3. The summed E-state index contributed by atoms with van der Waals surface area (Å²) in [5.74, 6) is 1.49. The number of hydrogen-bond acceptors (Lipinski definition) is 6. The first-order valence-electron chi connectivity index (χ1n) is 10.9. The van der Waals surface area contributed by atoms with Crippen molar-refractivity contribution in [2.75, 3.05) is 52.3 Å². The number of carbonyl (C=O) groups is 1. The molecule has 1 fully saturated rings. The number of imidazole rings is 1. The van der Waals surface area contributed by atoms with E-state index in [1.165, 1.54) is 12.0 Å². The molecular weight excluding hydrogens is 384 g/mol. The van der Waals surface area contributed by atoms with Gasteiger partial charge in [0, 0.05) is 45.4 Å². The molecular formula is C21H32N6O3. The molecule has 0 radical (unpaired) electrons. The van der Waals surface area contributed by atoms with Gasteiger partial charge in [-0.2, -0.15) is 0 Å². The van der Waals surface area contributed by atoms with Gasteiger partial charge in [-0.15, -0.1) is 0 Å². The highest BCUT2D eigenvalue weighted by molar-refractivity contribution is 5.89. The molecule has 164 valence electrons. The van der Waals surface area contributed by atoms with Crippen molar-refractivity contribution in [2.24, 2.45) is 0 Å². The topological polar surface area (TPSA) is 108 Å². The van der Waals surface area contributed by atoms with Crippen LogP contribution in [0.2, 0.25) is 0 Å². The second-order valence-electron chi connectivity index (χ2n) is 7.93. The molecule has 0 atom stereocenters. The third-order valence-corrected chi connectivity index (χ3v) is 5.93. The van der Waals surface area contributed by atoms with Gasteiger partial charge in [0.15, 0.2) is 5.82 Å². The third-order valence-electron chi connectivity index (χ3n) is 5.93. The van der Waals surface area contributed by atoms with Gasteiger partial charge in [-0.05, 0) is 37.7 Å². The maximum absolute atomic E-state index is 12.3. The van der Waals surface area contributed by atoms with E-state index in [1.807, 2.05) is 4.90 Å². The average molecular weight is 417 g/mol. The van der Waals surface area contributed by atoms with E-state index in [0.717, 1.165) is 61.2 Å². The quantitative estimate of drug-likeness (QED) is 0.663. The van der Waals surface area contributed by atoms with Crippen molar-refractivity contribution in [3.63, 3.8) is 0 Å². The Morgan fingerprint density at radius 1 is 1.23 bits per heavy atom. The monoisotopic (exact) mass is 416 g/mol. The summed E-state index contributed by atoms with van der Waals surface area (Å²) in [6.45, 7) is 4.51. The second kappa shape index (κ2) is 9.61. The van der Waals surface area contributed by atoms with E-state index >= 15 is 0 Å². The van der Waals surface area contributed by atoms with Gasteiger partial charge in [0.05, 0.1) is 25.3 Å². The first-order valence-corrected chi connectivity index (χ1v) is 10.9. The van der Waals surface area contributed by atoms with Crippen LogP contribution in [0.3, 0.4) is 0 Å². The van der Waals surface area contributed by atoms with Crippen LogP contribution >= 0.6 is 0 Å². The van der Waals surface area contributed by atoms with Crippen molar-refractivity contribution in [1.29, 1.82) is 0 Å². The minimum absolute atomic E-state index is 0.0146. The number of nitrogens with one attached hydrogen (secondary N) is 1. The number of morpholine rings is 1. The Morgan fingerprint density at radius 2 is 2.03 bits per heavy atom. The maximum atomic E-state index is 12.3. The van der Waals surface area contributed by atoms with Crippen molar-refractivity contribution in [3.8, 4) is 0 Å². The Balaban J connectivity index is 1.51. The number of rotatable bonds is 7. The van der Waals surface area contributed by atoms with E-state index in [9.17, 15) is 4.79 Å². The summed E-state index contributed by atoms with van der Waals surface area (Å²) in [4.78, 5) is 23.6. The van der Waals surface area contributed by atoms with Gasteiger partial charge in [0.2, 0.25) is 0 Å². The van der Waals surface area contributed by atoms with Crippen molar-refractivity contribution >= 4 is 22.9 Å². The Hall–Kier alpha value is -2.39. The van der Waals surface area contributed by atoms with Gasteiger partial charge in [-0.25, -0.2) is 14.8 Å². The van der Waals surface area contributed by atoms with E-state index < -0.39 is 0 Å². The molecule has 2 aliphatic rings. The molecule has 1 saturated heterocycles. The number of carbonyl (C=O) groups excluding carboxylic acids is 1. The van der Waals surface area contributed by atoms with E-state index in [2.05, 4.69) is 14.9 Å². The number of ether oxygens (including phenoxy) is 2. The zero-order valence-corrected chi connectivity index (χ0v) is 17.8. The fourth-order valence-electron chi connectivity index (χ4n) is 4.39. The number of urea groups is 1. The van der Waals surface area contributed by atoms with Crippen LogP contribution in [-0.4, -0.2) is 72.0 Å². The van der Waals surface area contributed by atoms with Crippen molar-refractivity contribution in [2.45, 2.75) is 45.1 Å². The molecule has 0 bridgehead atoms. The van der Waals surface area contributed by atoms with Crippen LogP contribution in [0, 0.1) is 0 Å². The fourth-order valence-corrected chi connectivity index (χ4v) is 4.39. The molecule has 2 aromatic heterocycles. The number of nitrogens with two attached hydrogens (primary N) is 1. The summed E-state index contributed by atoms with van der Waals surface area (Å²) in [5, 5.41) is 3.04. The first kappa shape index (κ1) is 20.9. The largest absolute Gasteiger partial charge is 0.384 e. The molecule has 3 N–H and O–H groups in total. The standard InChI is InChI=1S/C21H32N6O3/c1-29-12-7-17-25-18-19(15-5-2-3-6-16(15)24-20(18)22)27(17)9-4-8-23-21(28)26-10-13-30-14-11-26/h2-14H2,1H3,(H2,22,24)(H,23,28). The molecule has 0 spiro atoms. The molecule has 2 aromatic rings. The van der Waals surface area contributed by atoms with E-state index in [0.29, 0.717) is 45.3 Å². The zero-order chi connectivity index (χ0) is 20.9. The number of aromatic nitrogens is 3. The van der Waals surface area contributed by atoms with E-state index in [-0.39, 0.29) is 6.03 Å². The normalized spacial score (nSPS) is 16.6. The molecule has 1 aliphatic heterocycles. The molecule has 0 saturated carbocycles. The van der Waals surface area contributed by atoms with Crippen molar-refractivity contribution in [1.82, 2.24) is 24.8 Å². The van der Waals surface area contributed by atoms with Gasteiger partial charge in [-0.1, -0.05) is 0 Å². The third kappa shape index (κ3) is 4.37. The fraction of sp³-hybridized carbons (Fsp3) is 0.667. The zero-order valence-electron chi connectivity index (χ0n) is 17.8. The molecule has 2 amide bonds. The lowest BCUT2D eigenvalue weighted by atomic mass is 9.95. The molecule has 3 heterocycles. The van der Waals surface area contributed by atoms with Gasteiger partial charge in [0.1, 0.15) is 11.3 Å². The van der Waals surface area contributed by atoms with Gasteiger partial charge in [-0.3, -0.25) is 0 Å². The predicted octanol–water partition coefficient (Wildman–Crippen LogP) is 1.51. The van der Waals surface area contributed by atoms with Crippen LogP contribution in [0.4, 0.5) is 10.6 Å². The molecule has 30 heavy (non-hydrogen) atoms. The number of hydrogen-bond donors (Lipinski definition) is 2. The Bertz CT molecular complexity index is 891. The van der Waals surface area contributed by atoms with Crippen LogP contribution in [-0.2, 0) is 35.3 Å². The van der Waals surface area contributed by atoms with Crippen LogP contribution < -0.4 is 11.1 Å². The van der Waals surface area contributed by atoms with E-state index in [1.54, 1.807) is 7.11 Å². The lowest BCUT2D eigenvalue weighted by Crippen LogP contribution is -2.46. The number of methoxy groups -OCH3 is 1. The van der Waals surface area contributed by atoms with E-state index in [4.69, 9.17) is 20.2 Å². The number of nitrogen functional groups attached to an aromatic ring is 1. The smallest absolute Gasteiger partial charge is 0.317 e. The Morgan fingerprint density at radius 3 is 2.83 bits per heavy atom. The average Bonchev–Trinajstić information content (AvgIpc) is 3.15. The summed E-state index contributed by atoms with van der Waals surface area (Å²) in [7, 11) is 1.70. The highest BCUT2D eigenvalue weighted by Crippen LogP contribution is 2.31. The highest BCUT2D eigenvalue weighted by Gasteiger charge is 2.22. The highest BCUT2D eigenvalue weighted by atomic mass is 16.5. The molecule has 4 rings (SSSR count). The summed E-state index contributed by atoms with van der Waals surface area (Å²) in [5.41, 5.74) is 10.6. The second-order valence-corrected chi connectivity index (χ2v) is 7.93. The van der Waals surface area contributed by atoms with Gasteiger partial charge in [0.25, 0.3) is 0 Å². The summed E-state index contributed by atoms with van der Waals surface area (Å²) in [6.07, 6.45) is 5.86. The SMILES string of the molecule is COCCc1nc2c(N)nc3c(c2n1CCCNC(=O)N1CCOCC1)CCCC3. The number of anilines is 1. The predicted molar refractivity (Wildman–Crippen MR) is 115 cm³/mol. The molecule has 9 nitrogen and oxygen atoms in total. The molecule has 9 heteroatoms. The minimum Gasteiger partial charge on any atom is -0.384 e. The number of fused-ring (bicyclic) bond motifs is 3. The molecule has 0 unspecified atom stereocenters. The van der Waals surface area contributed by atoms with Crippen LogP contribution in [0.25, 0.3) is 11.0 Å². The first-order chi connectivity index (χ1) is 14.7. The lowest BCUT2D eigenvalue weighted by Gasteiger charge is -2.27. The van der Waals surface area contributed by atoms with Crippen LogP contribution in [0.15, 0.2) is 0 Å². The van der Waals surface area contributed by atoms with Crippen molar-refractivity contribution in [3.05, 3.63) is 17.1 Å². The van der Waals surface area contributed by atoms with Gasteiger partial charge >= 0.3 is 6.03 Å². The van der Waals surface area contributed by atoms with Gasteiger partial charge < -0.3 is 30.0 Å². The summed E-state index contributed by atoms with van der Waals surface area (Å²) < 4.78 is 12.9. The Kier molecular flexibility index (Phi) is 6.69. The lowest BCUT2D eigenvalue weighted by molar-refractivity contribution is 0.0532. The summed E-state index contributed by atoms with van der Waals surface area (Å²) in [6, 6.07) is -0.0146. The number of amides is 2. The van der Waals surface area contributed by atoms with Crippen molar-refractivity contribution < 1.29 is 14.3 Å². The minimum atomic E-state index is -0.0146. The number of pyridine rings is 1. The molecule has 1 aliphatic carbocycles.